The SMILES string of the molecule is COc1cc(C)c(CNC(=O)C(C)=O)c(C)c1C. The van der Waals surface area contributed by atoms with E-state index in [1.165, 1.54) is 6.92 Å². The van der Waals surface area contributed by atoms with Crippen molar-refractivity contribution in [2.24, 2.45) is 0 Å². The minimum absolute atomic E-state index is 0.362. The van der Waals surface area contributed by atoms with Gasteiger partial charge in [0, 0.05) is 13.5 Å². The maximum atomic E-state index is 11.3. The van der Waals surface area contributed by atoms with Crippen molar-refractivity contribution in [2.75, 3.05) is 7.11 Å². The maximum absolute atomic E-state index is 11.3. The van der Waals surface area contributed by atoms with E-state index in [1.807, 2.05) is 26.8 Å². The smallest absolute Gasteiger partial charge is 0.287 e. The van der Waals surface area contributed by atoms with Gasteiger partial charge >= 0.3 is 0 Å². The number of benzene rings is 1. The third-order valence-corrected chi connectivity index (χ3v) is 3.17. The van der Waals surface area contributed by atoms with Crippen molar-refractivity contribution < 1.29 is 14.3 Å². The normalized spacial score (nSPS) is 10.1. The highest BCUT2D eigenvalue weighted by atomic mass is 16.5. The molecule has 0 bridgehead atoms. The molecule has 0 aliphatic heterocycles. The van der Waals surface area contributed by atoms with E-state index in [-0.39, 0.29) is 0 Å². The van der Waals surface area contributed by atoms with Crippen LogP contribution in [0.5, 0.6) is 5.75 Å². The first kappa shape index (κ1) is 14.2. The number of ether oxygens (including phenoxy) is 1. The van der Waals surface area contributed by atoms with Crippen molar-refractivity contribution in [1.82, 2.24) is 5.32 Å². The number of hydrogen-bond donors (Lipinski definition) is 1. The predicted octanol–water partition coefficient (Wildman–Crippen LogP) is 1.83. The first-order valence-corrected chi connectivity index (χ1v) is 5.81. The highest BCUT2D eigenvalue weighted by Gasteiger charge is 2.12. The molecule has 0 aliphatic rings. The van der Waals surface area contributed by atoms with Crippen LogP contribution in [0, 0.1) is 20.8 Å². The lowest BCUT2D eigenvalue weighted by Gasteiger charge is -2.16. The molecule has 0 heterocycles. The Hall–Kier alpha value is -1.84. The first-order valence-electron chi connectivity index (χ1n) is 5.81. The molecular formula is C14H19NO3. The van der Waals surface area contributed by atoms with Crippen LogP contribution < -0.4 is 10.1 Å². The highest BCUT2D eigenvalue weighted by Crippen LogP contribution is 2.27. The van der Waals surface area contributed by atoms with Gasteiger partial charge in [-0.1, -0.05) is 0 Å². The molecule has 0 saturated heterocycles. The Morgan fingerprint density at radius 1 is 1.22 bits per heavy atom. The summed E-state index contributed by atoms with van der Waals surface area (Å²) in [6, 6.07) is 1.94. The largest absolute Gasteiger partial charge is 0.496 e. The van der Waals surface area contributed by atoms with E-state index < -0.39 is 11.7 Å². The van der Waals surface area contributed by atoms with Gasteiger partial charge in [0.05, 0.1) is 7.11 Å². The molecule has 98 valence electrons. The molecule has 18 heavy (non-hydrogen) atoms. The summed E-state index contributed by atoms with van der Waals surface area (Å²) >= 11 is 0. The summed E-state index contributed by atoms with van der Waals surface area (Å²) < 4.78 is 5.28. The van der Waals surface area contributed by atoms with Gasteiger partial charge in [-0.25, -0.2) is 0 Å². The number of aryl methyl sites for hydroxylation is 1. The predicted molar refractivity (Wildman–Crippen MR) is 69.7 cm³/mol. The second-order valence-electron chi connectivity index (χ2n) is 4.36. The number of amides is 1. The second kappa shape index (κ2) is 5.67. The van der Waals surface area contributed by atoms with Gasteiger partial charge in [0.1, 0.15) is 5.75 Å². The van der Waals surface area contributed by atoms with Gasteiger partial charge in [0.25, 0.3) is 5.91 Å². The molecule has 0 spiro atoms. The zero-order valence-corrected chi connectivity index (χ0v) is 11.5. The number of rotatable bonds is 4. The average molecular weight is 249 g/mol. The number of Topliss-reactive ketones (excluding diaryl/α,β-unsaturated/α-hetero) is 1. The molecule has 0 aliphatic carbocycles. The van der Waals surface area contributed by atoms with Gasteiger partial charge in [-0.05, 0) is 49.1 Å². The Kier molecular flexibility index (Phi) is 4.48. The summed E-state index contributed by atoms with van der Waals surface area (Å²) in [5, 5.41) is 2.62. The number of nitrogens with one attached hydrogen (secondary N) is 1. The molecule has 0 fully saturated rings. The van der Waals surface area contributed by atoms with Gasteiger partial charge in [-0.15, -0.1) is 0 Å². The minimum atomic E-state index is -0.553. The maximum Gasteiger partial charge on any atom is 0.287 e. The van der Waals surface area contributed by atoms with Crippen molar-refractivity contribution >= 4 is 11.7 Å². The van der Waals surface area contributed by atoms with E-state index in [0.717, 1.165) is 28.0 Å². The number of ketones is 1. The van der Waals surface area contributed by atoms with Crippen molar-refractivity contribution in [3.63, 3.8) is 0 Å². The van der Waals surface area contributed by atoms with Crippen LogP contribution in [0.4, 0.5) is 0 Å². The third kappa shape index (κ3) is 2.88. The van der Waals surface area contributed by atoms with Crippen LogP contribution in [-0.4, -0.2) is 18.8 Å². The number of carbonyl (C=O) groups excluding carboxylic acids is 2. The highest BCUT2D eigenvalue weighted by molar-refractivity contribution is 6.35. The van der Waals surface area contributed by atoms with Crippen molar-refractivity contribution in [1.29, 1.82) is 0 Å². The van der Waals surface area contributed by atoms with E-state index in [9.17, 15) is 9.59 Å². The lowest BCUT2D eigenvalue weighted by Crippen LogP contribution is -2.29. The molecule has 1 N–H and O–H groups in total. The second-order valence-corrected chi connectivity index (χ2v) is 4.36. The first-order chi connectivity index (χ1) is 8.38. The number of hydrogen-bond acceptors (Lipinski definition) is 3. The van der Waals surface area contributed by atoms with Gasteiger partial charge in [-0.3, -0.25) is 9.59 Å². The Morgan fingerprint density at radius 3 is 2.33 bits per heavy atom. The molecule has 4 heteroatoms. The molecular weight excluding hydrogens is 230 g/mol. The zero-order valence-electron chi connectivity index (χ0n) is 11.5. The fourth-order valence-electron chi connectivity index (χ4n) is 1.88. The van der Waals surface area contributed by atoms with Crippen LogP contribution in [-0.2, 0) is 16.1 Å². The molecule has 1 aromatic rings. The lowest BCUT2D eigenvalue weighted by molar-refractivity contribution is -0.136. The Morgan fingerprint density at radius 2 is 1.83 bits per heavy atom. The van der Waals surface area contributed by atoms with Crippen molar-refractivity contribution in [2.45, 2.75) is 34.2 Å². The van der Waals surface area contributed by atoms with E-state index in [2.05, 4.69) is 5.32 Å². The van der Waals surface area contributed by atoms with Gasteiger partial charge in [-0.2, -0.15) is 0 Å². The molecule has 1 rings (SSSR count). The molecule has 0 unspecified atom stereocenters. The topological polar surface area (TPSA) is 55.4 Å². The summed E-state index contributed by atoms with van der Waals surface area (Å²) in [6.45, 7) is 7.55. The van der Waals surface area contributed by atoms with E-state index in [1.54, 1.807) is 7.11 Å². The monoisotopic (exact) mass is 249 g/mol. The van der Waals surface area contributed by atoms with Crippen LogP contribution >= 0.6 is 0 Å². The van der Waals surface area contributed by atoms with Crippen LogP contribution in [0.2, 0.25) is 0 Å². The quantitative estimate of drug-likeness (QED) is 0.828. The summed E-state index contributed by atoms with van der Waals surface area (Å²) in [7, 11) is 1.64. The molecule has 0 atom stereocenters. The fraction of sp³-hybridized carbons (Fsp3) is 0.429. The number of methoxy groups -OCH3 is 1. The number of carbonyl (C=O) groups is 2. The molecule has 1 aromatic carbocycles. The Balaban J connectivity index is 3.00. The molecule has 0 radical (unpaired) electrons. The zero-order chi connectivity index (χ0) is 13.9. The summed E-state index contributed by atoms with van der Waals surface area (Å²) in [5.74, 6) is -0.190. The molecule has 0 saturated carbocycles. The molecule has 0 aromatic heterocycles. The van der Waals surface area contributed by atoms with Crippen LogP contribution in [0.25, 0.3) is 0 Å². The fourth-order valence-corrected chi connectivity index (χ4v) is 1.88. The minimum Gasteiger partial charge on any atom is -0.496 e. The third-order valence-electron chi connectivity index (χ3n) is 3.17. The van der Waals surface area contributed by atoms with Crippen molar-refractivity contribution in [3.8, 4) is 5.75 Å². The lowest BCUT2D eigenvalue weighted by atomic mass is 9.97. The van der Waals surface area contributed by atoms with Gasteiger partial charge < -0.3 is 10.1 Å². The van der Waals surface area contributed by atoms with Gasteiger partial charge in [0.2, 0.25) is 5.78 Å². The average Bonchev–Trinajstić information content (AvgIpc) is 2.33. The van der Waals surface area contributed by atoms with E-state index in [4.69, 9.17) is 4.74 Å². The van der Waals surface area contributed by atoms with Crippen molar-refractivity contribution in [3.05, 3.63) is 28.3 Å². The van der Waals surface area contributed by atoms with Crippen LogP contribution in [0.15, 0.2) is 6.07 Å². The van der Waals surface area contributed by atoms with E-state index >= 15 is 0 Å². The van der Waals surface area contributed by atoms with Crippen LogP contribution in [0.3, 0.4) is 0 Å². The standard InChI is InChI=1S/C14H19NO3/c1-8-6-13(18-5)10(3)9(2)12(8)7-15-14(17)11(4)16/h6H,7H2,1-5H3,(H,15,17). The summed E-state index contributed by atoms with van der Waals surface area (Å²) in [6.07, 6.45) is 0. The van der Waals surface area contributed by atoms with E-state index in [0.29, 0.717) is 6.54 Å². The molecule has 1 amide bonds. The van der Waals surface area contributed by atoms with Crippen LogP contribution in [0.1, 0.15) is 29.2 Å². The van der Waals surface area contributed by atoms with Gasteiger partial charge in [0.15, 0.2) is 0 Å². The summed E-state index contributed by atoms with van der Waals surface area (Å²) in [5.41, 5.74) is 4.20. The summed E-state index contributed by atoms with van der Waals surface area (Å²) in [4.78, 5) is 22.1. The Labute approximate surface area is 107 Å². The molecule has 4 nitrogen and oxygen atoms in total. The Bertz CT molecular complexity index is 492.